The number of aliphatic hydroxyl groups is 1. The summed E-state index contributed by atoms with van der Waals surface area (Å²) in [7, 11) is 6.86. The normalized spacial score (nSPS) is 13.2. The van der Waals surface area contributed by atoms with E-state index in [0.717, 1.165) is 5.56 Å². The SMILES string of the molecule is COC(=O)C(Cc1ccccc1)NC(=O)C(N)CC(=O)[O-].C[N+](C)(C)CC(O)CC(=O)[O-].[K+]. The van der Waals surface area contributed by atoms with E-state index in [2.05, 4.69) is 10.1 Å². The number of esters is 1. The molecule has 11 nitrogen and oxygen atoms in total. The minimum atomic E-state index is -1.43. The van der Waals surface area contributed by atoms with Crippen LogP contribution in [0.3, 0.4) is 0 Å². The molecule has 1 amide bonds. The molecule has 1 rings (SSSR count). The number of aliphatic carboxylic acids is 2. The first kappa shape index (κ1) is 33.8. The van der Waals surface area contributed by atoms with E-state index < -0.39 is 48.4 Å². The molecule has 0 aliphatic rings. The molecule has 0 spiro atoms. The Morgan fingerprint density at radius 3 is 2.00 bits per heavy atom. The van der Waals surface area contributed by atoms with E-state index >= 15 is 0 Å². The molecule has 33 heavy (non-hydrogen) atoms. The zero-order chi connectivity index (χ0) is 24.9. The maximum absolute atomic E-state index is 11.8. The van der Waals surface area contributed by atoms with Crippen molar-refractivity contribution in [1.82, 2.24) is 5.32 Å². The third kappa shape index (κ3) is 17.7. The molecule has 1 aromatic rings. The minimum absolute atomic E-state index is 0. The molecule has 0 bridgehead atoms. The van der Waals surface area contributed by atoms with Gasteiger partial charge in [-0.3, -0.25) is 4.79 Å². The number of nitrogens with zero attached hydrogens (tertiary/aromatic N) is 1. The van der Waals surface area contributed by atoms with E-state index in [4.69, 9.17) is 10.8 Å². The first-order valence-corrected chi connectivity index (χ1v) is 9.81. The Bertz CT molecular complexity index is 756. The summed E-state index contributed by atoms with van der Waals surface area (Å²) < 4.78 is 5.17. The first-order valence-electron chi connectivity index (χ1n) is 9.81. The number of hydrogen-bond acceptors (Lipinski definition) is 9. The van der Waals surface area contributed by atoms with Crippen molar-refractivity contribution in [2.75, 3.05) is 34.8 Å². The Morgan fingerprint density at radius 1 is 1.06 bits per heavy atom. The molecule has 0 aromatic heterocycles. The van der Waals surface area contributed by atoms with Gasteiger partial charge in [0.25, 0.3) is 0 Å². The molecule has 0 fully saturated rings. The number of carboxylic acid groups (broad SMARTS) is 2. The quantitative estimate of drug-likeness (QED) is 0.153. The number of nitrogens with one attached hydrogen (secondary N) is 1. The summed E-state index contributed by atoms with van der Waals surface area (Å²) in [5, 5.41) is 31.9. The van der Waals surface area contributed by atoms with Gasteiger partial charge >= 0.3 is 57.4 Å². The molecular formula is C21H32KN3O8. The van der Waals surface area contributed by atoms with Gasteiger partial charge in [0.2, 0.25) is 5.91 Å². The summed E-state index contributed by atoms with van der Waals surface area (Å²) >= 11 is 0. The van der Waals surface area contributed by atoms with Crippen LogP contribution in [-0.2, 0) is 30.3 Å². The number of amides is 1. The Kier molecular flexibility index (Phi) is 17.5. The van der Waals surface area contributed by atoms with Crippen LogP contribution in [0, 0.1) is 0 Å². The number of methoxy groups -OCH3 is 1. The fraction of sp³-hybridized carbons (Fsp3) is 0.524. The van der Waals surface area contributed by atoms with Gasteiger partial charge < -0.3 is 45.2 Å². The standard InChI is InChI=1S/C14H18N2O5.C7H15NO3.K/c1-21-14(20)11(7-9-5-3-2-4-6-9)16-13(19)10(15)8-12(17)18;1-8(2,3)5-6(9)4-7(10)11;/h2-6,10-11H,7-8,15H2,1H3,(H,16,19)(H,17,18);6,9H,4-5H2,1-3H3;/q;;+1/p-1. The summed E-state index contributed by atoms with van der Waals surface area (Å²) in [6.45, 7) is 0.425. The molecule has 4 N–H and O–H groups in total. The molecule has 12 heteroatoms. The maximum atomic E-state index is 11.8. The molecule has 0 aliphatic heterocycles. The smallest absolute Gasteiger partial charge is 0.550 e. The van der Waals surface area contributed by atoms with Crippen molar-refractivity contribution in [3.05, 3.63) is 35.9 Å². The van der Waals surface area contributed by atoms with Gasteiger partial charge in [-0.2, -0.15) is 0 Å². The fourth-order valence-electron chi connectivity index (χ4n) is 2.63. The van der Waals surface area contributed by atoms with Crippen molar-refractivity contribution in [1.29, 1.82) is 0 Å². The zero-order valence-corrected chi connectivity index (χ0v) is 22.9. The molecule has 0 aliphatic carbocycles. The summed E-state index contributed by atoms with van der Waals surface area (Å²) in [6.07, 6.45) is -1.49. The topological polar surface area (TPSA) is 182 Å². The molecule has 3 unspecified atom stereocenters. The molecule has 180 valence electrons. The van der Waals surface area contributed by atoms with Crippen LogP contribution in [-0.4, -0.2) is 86.4 Å². The second-order valence-electron chi connectivity index (χ2n) is 8.16. The zero-order valence-electron chi connectivity index (χ0n) is 19.8. The third-order valence-electron chi connectivity index (χ3n) is 3.97. The maximum Gasteiger partial charge on any atom is 1.00 e. The summed E-state index contributed by atoms with van der Waals surface area (Å²) in [6, 6.07) is 6.80. The number of aliphatic hydroxyl groups excluding tert-OH is 1. The number of carbonyl (C=O) groups excluding carboxylic acids is 4. The van der Waals surface area contributed by atoms with Gasteiger partial charge in [0, 0.05) is 31.2 Å². The average Bonchev–Trinajstić information content (AvgIpc) is 2.65. The number of rotatable bonds is 11. The van der Waals surface area contributed by atoms with Gasteiger partial charge in [-0.1, -0.05) is 30.3 Å². The van der Waals surface area contributed by atoms with Crippen molar-refractivity contribution in [2.24, 2.45) is 5.73 Å². The van der Waals surface area contributed by atoms with Gasteiger partial charge in [-0.25, -0.2) is 4.79 Å². The van der Waals surface area contributed by atoms with E-state index in [-0.39, 0.29) is 64.2 Å². The first-order chi connectivity index (χ1) is 14.7. The van der Waals surface area contributed by atoms with Crippen LogP contribution in [0.4, 0.5) is 0 Å². The molecule has 3 atom stereocenters. The molecular weight excluding hydrogens is 461 g/mol. The van der Waals surface area contributed by atoms with Crippen molar-refractivity contribution >= 4 is 23.8 Å². The van der Waals surface area contributed by atoms with Gasteiger partial charge in [0.15, 0.2) is 0 Å². The van der Waals surface area contributed by atoms with Crippen molar-refractivity contribution in [2.45, 2.75) is 37.5 Å². The van der Waals surface area contributed by atoms with Gasteiger partial charge in [-0.15, -0.1) is 0 Å². The Balaban J connectivity index is 0. The summed E-state index contributed by atoms with van der Waals surface area (Å²) in [5.74, 6) is -4.01. The molecule has 0 heterocycles. The number of carboxylic acids is 2. The Morgan fingerprint density at radius 2 is 1.58 bits per heavy atom. The van der Waals surface area contributed by atoms with Crippen LogP contribution in [0.25, 0.3) is 0 Å². The molecule has 0 radical (unpaired) electrons. The average molecular weight is 494 g/mol. The van der Waals surface area contributed by atoms with Gasteiger partial charge in [0.1, 0.15) is 18.7 Å². The molecule has 0 saturated heterocycles. The number of quaternary nitrogens is 1. The fourth-order valence-corrected chi connectivity index (χ4v) is 2.63. The second kappa shape index (κ2) is 17.1. The van der Waals surface area contributed by atoms with E-state index in [1.165, 1.54) is 7.11 Å². The predicted octanol–water partition coefficient (Wildman–Crippen LogP) is -6.45. The summed E-state index contributed by atoms with van der Waals surface area (Å²) in [5.41, 5.74) is 6.24. The Hall–Kier alpha value is -1.38. The predicted molar refractivity (Wildman–Crippen MR) is 110 cm³/mol. The number of nitrogens with two attached hydrogens (primary N) is 1. The van der Waals surface area contributed by atoms with E-state index in [9.17, 15) is 29.4 Å². The van der Waals surface area contributed by atoms with Crippen molar-refractivity contribution in [3.63, 3.8) is 0 Å². The Labute approximate surface area is 236 Å². The van der Waals surface area contributed by atoms with Crippen LogP contribution in [0.5, 0.6) is 0 Å². The minimum Gasteiger partial charge on any atom is -0.550 e. The number of carbonyl (C=O) groups is 4. The number of hydrogen-bond donors (Lipinski definition) is 3. The van der Waals surface area contributed by atoms with E-state index in [1.54, 1.807) is 24.3 Å². The van der Waals surface area contributed by atoms with E-state index in [1.807, 2.05) is 27.2 Å². The molecule has 1 aromatic carbocycles. The largest absolute Gasteiger partial charge is 1.00 e. The second-order valence-corrected chi connectivity index (χ2v) is 8.16. The number of likely N-dealkylation sites (N-methyl/N-ethyl adjacent to an activating group) is 1. The van der Waals surface area contributed by atoms with Crippen LogP contribution in [0.15, 0.2) is 30.3 Å². The summed E-state index contributed by atoms with van der Waals surface area (Å²) in [4.78, 5) is 43.9. The van der Waals surface area contributed by atoms with Gasteiger partial charge in [-0.05, 0) is 5.56 Å². The third-order valence-corrected chi connectivity index (χ3v) is 3.97. The van der Waals surface area contributed by atoms with Crippen molar-refractivity contribution in [3.8, 4) is 0 Å². The van der Waals surface area contributed by atoms with Crippen LogP contribution >= 0.6 is 0 Å². The monoisotopic (exact) mass is 493 g/mol. The van der Waals surface area contributed by atoms with Crippen LogP contribution in [0.1, 0.15) is 18.4 Å². The number of ether oxygens (including phenoxy) is 1. The number of benzene rings is 1. The molecule has 0 saturated carbocycles. The van der Waals surface area contributed by atoms with Crippen LogP contribution < -0.4 is 72.6 Å². The van der Waals surface area contributed by atoms with Gasteiger partial charge in [0.05, 0.1) is 34.3 Å². The van der Waals surface area contributed by atoms with E-state index in [0.29, 0.717) is 11.0 Å². The van der Waals surface area contributed by atoms with Crippen molar-refractivity contribution < 1.29 is 95.1 Å². The van der Waals surface area contributed by atoms with Crippen LogP contribution in [0.2, 0.25) is 0 Å².